The van der Waals surface area contributed by atoms with Crippen LogP contribution in [0.5, 0.6) is 0 Å². The van der Waals surface area contributed by atoms with Crippen LogP contribution in [0.15, 0.2) is 66.9 Å². The lowest BCUT2D eigenvalue weighted by atomic mass is 10.1. The Bertz CT molecular complexity index is 992. The Morgan fingerprint density at radius 3 is 2.60 bits per heavy atom. The van der Waals surface area contributed by atoms with Crippen LogP contribution in [0.4, 0.5) is 0 Å². The molecule has 2 aromatic carbocycles. The fraction of sp³-hybridized carbons (Fsp3) is 0.280. The molecule has 0 aliphatic carbocycles. The van der Waals surface area contributed by atoms with Gasteiger partial charge in [-0.2, -0.15) is 0 Å². The number of para-hydroxylation sites is 1. The Hall–Kier alpha value is -3.34. The molecule has 3 rings (SSSR count). The Morgan fingerprint density at radius 1 is 1.03 bits per heavy atom. The van der Waals surface area contributed by atoms with E-state index in [4.69, 9.17) is 4.74 Å². The van der Waals surface area contributed by atoms with E-state index in [0.717, 1.165) is 17.5 Å². The number of amides is 1. The lowest BCUT2D eigenvalue weighted by molar-refractivity contribution is -0.145. The van der Waals surface area contributed by atoms with E-state index < -0.39 is 0 Å². The van der Waals surface area contributed by atoms with Gasteiger partial charge in [0.05, 0.1) is 13.0 Å². The highest BCUT2D eigenvalue weighted by Gasteiger charge is 2.15. The second kappa shape index (κ2) is 11.0. The van der Waals surface area contributed by atoms with Crippen LogP contribution in [0, 0.1) is 0 Å². The summed E-state index contributed by atoms with van der Waals surface area (Å²) in [4.78, 5) is 29.5. The first-order chi connectivity index (χ1) is 14.7. The fourth-order valence-electron chi connectivity index (χ4n) is 3.39. The molecule has 5 nitrogen and oxygen atoms in total. The summed E-state index contributed by atoms with van der Waals surface area (Å²) in [6.45, 7) is 3.18. The van der Waals surface area contributed by atoms with E-state index in [-0.39, 0.29) is 24.7 Å². The fourth-order valence-corrected chi connectivity index (χ4v) is 3.39. The summed E-state index contributed by atoms with van der Waals surface area (Å²) in [6.07, 6.45) is 7.02. The van der Waals surface area contributed by atoms with Crippen molar-refractivity contribution in [3.63, 3.8) is 0 Å². The zero-order valence-corrected chi connectivity index (χ0v) is 17.3. The number of aromatic nitrogens is 1. The smallest absolute Gasteiger partial charge is 0.306 e. The number of rotatable bonds is 10. The lowest BCUT2D eigenvalue weighted by Gasteiger charge is -2.21. The largest absolute Gasteiger partial charge is 0.466 e. The van der Waals surface area contributed by atoms with Gasteiger partial charge in [-0.1, -0.05) is 60.7 Å². The van der Waals surface area contributed by atoms with E-state index >= 15 is 0 Å². The van der Waals surface area contributed by atoms with Gasteiger partial charge in [-0.25, -0.2) is 0 Å². The SMILES string of the molecule is CCOC(=O)CCC(=O)N(C/C=C/c1ccccc1)CCc1c[nH]c2ccccc12. The van der Waals surface area contributed by atoms with Gasteiger partial charge in [0.25, 0.3) is 0 Å². The summed E-state index contributed by atoms with van der Waals surface area (Å²) < 4.78 is 4.95. The summed E-state index contributed by atoms with van der Waals surface area (Å²) in [5.74, 6) is -0.372. The molecule has 0 saturated carbocycles. The molecule has 0 aliphatic rings. The average Bonchev–Trinajstić information content (AvgIpc) is 3.18. The molecule has 0 bridgehead atoms. The van der Waals surface area contributed by atoms with Crippen molar-refractivity contribution in [3.8, 4) is 0 Å². The molecule has 0 saturated heterocycles. The average molecular weight is 405 g/mol. The summed E-state index contributed by atoms with van der Waals surface area (Å²) in [5, 5.41) is 1.18. The van der Waals surface area contributed by atoms with Crippen LogP contribution in [0.3, 0.4) is 0 Å². The molecule has 0 fully saturated rings. The zero-order valence-electron chi connectivity index (χ0n) is 17.3. The van der Waals surface area contributed by atoms with Crippen LogP contribution in [-0.2, 0) is 20.7 Å². The summed E-state index contributed by atoms with van der Waals surface area (Å²) >= 11 is 0. The number of nitrogens with zero attached hydrogens (tertiary/aromatic N) is 1. The van der Waals surface area contributed by atoms with E-state index in [2.05, 4.69) is 11.1 Å². The van der Waals surface area contributed by atoms with Crippen LogP contribution >= 0.6 is 0 Å². The van der Waals surface area contributed by atoms with Gasteiger partial charge in [-0.3, -0.25) is 9.59 Å². The molecular formula is C25H28N2O3. The quantitative estimate of drug-likeness (QED) is 0.503. The topological polar surface area (TPSA) is 62.4 Å². The number of carbonyl (C=O) groups excluding carboxylic acids is 2. The predicted octanol–water partition coefficient (Wildman–Crippen LogP) is 4.60. The molecule has 1 aromatic heterocycles. The monoisotopic (exact) mass is 404 g/mol. The molecule has 30 heavy (non-hydrogen) atoms. The van der Waals surface area contributed by atoms with E-state index in [1.807, 2.05) is 66.9 Å². The molecule has 0 aliphatic heterocycles. The molecule has 0 spiro atoms. The van der Waals surface area contributed by atoms with Crippen LogP contribution < -0.4 is 0 Å². The predicted molar refractivity (Wildman–Crippen MR) is 120 cm³/mol. The van der Waals surface area contributed by atoms with E-state index in [0.29, 0.717) is 19.7 Å². The van der Waals surface area contributed by atoms with Crippen molar-refractivity contribution < 1.29 is 14.3 Å². The normalized spacial score (nSPS) is 11.1. The summed E-state index contributed by atoms with van der Waals surface area (Å²) in [5.41, 5.74) is 3.37. The van der Waals surface area contributed by atoms with E-state index in [1.165, 1.54) is 10.9 Å². The third-order valence-corrected chi connectivity index (χ3v) is 4.96. The Morgan fingerprint density at radius 2 is 1.80 bits per heavy atom. The van der Waals surface area contributed by atoms with Gasteiger partial charge in [0.1, 0.15) is 0 Å². The Kier molecular flexibility index (Phi) is 7.84. The van der Waals surface area contributed by atoms with E-state index in [1.54, 1.807) is 11.8 Å². The number of nitrogens with one attached hydrogen (secondary N) is 1. The van der Waals surface area contributed by atoms with Crippen molar-refractivity contribution in [2.45, 2.75) is 26.2 Å². The number of hydrogen-bond acceptors (Lipinski definition) is 3. The molecule has 1 heterocycles. The molecule has 0 atom stereocenters. The first-order valence-electron chi connectivity index (χ1n) is 10.4. The number of H-pyrrole nitrogens is 1. The second-order valence-corrected chi connectivity index (χ2v) is 7.07. The number of fused-ring (bicyclic) bond motifs is 1. The molecule has 0 radical (unpaired) electrons. The summed E-state index contributed by atoms with van der Waals surface area (Å²) in [6, 6.07) is 18.1. The maximum Gasteiger partial charge on any atom is 0.306 e. The standard InChI is InChI=1S/C25H28N2O3/c1-2-30-25(29)15-14-24(28)27(17-8-11-20-9-4-3-5-10-20)18-16-21-19-26-23-13-7-6-12-22(21)23/h3-13,19,26H,2,14-18H2,1H3/b11-8+. The van der Waals surface area contributed by atoms with Gasteiger partial charge >= 0.3 is 5.97 Å². The van der Waals surface area contributed by atoms with Crippen LogP contribution in [0.1, 0.15) is 30.9 Å². The number of hydrogen-bond donors (Lipinski definition) is 1. The molecule has 0 unspecified atom stereocenters. The minimum atomic E-state index is -0.331. The van der Waals surface area contributed by atoms with Gasteiger partial charge in [0.15, 0.2) is 0 Å². The van der Waals surface area contributed by atoms with Gasteiger partial charge in [0.2, 0.25) is 5.91 Å². The Balaban J connectivity index is 1.65. The maximum atomic E-state index is 12.8. The zero-order chi connectivity index (χ0) is 21.2. The Labute approximate surface area is 177 Å². The second-order valence-electron chi connectivity index (χ2n) is 7.07. The number of esters is 1. The minimum Gasteiger partial charge on any atom is -0.466 e. The number of aromatic amines is 1. The molecular weight excluding hydrogens is 376 g/mol. The highest BCUT2D eigenvalue weighted by atomic mass is 16.5. The van der Waals surface area contributed by atoms with Crippen molar-refractivity contribution in [1.29, 1.82) is 0 Å². The van der Waals surface area contributed by atoms with E-state index in [9.17, 15) is 9.59 Å². The molecule has 156 valence electrons. The number of ether oxygens (including phenoxy) is 1. The van der Waals surface area contributed by atoms with Crippen LogP contribution in [0.2, 0.25) is 0 Å². The van der Waals surface area contributed by atoms with Crippen LogP contribution in [-0.4, -0.2) is 41.5 Å². The van der Waals surface area contributed by atoms with Crippen molar-refractivity contribution >= 4 is 28.9 Å². The van der Waals surface area contributed by atoms with Crippen molar-refractivity contribution in [1.82, 2.24) is 9.88 Å². The van der Waals surface area contributed by atoms with Crippen molar-refractivity contribution in [3.05, 3.63) is 78.0 Å². The lowest BCUT2D eigenvalue weighted by Crippen LogP contribution is -2.33. The minimum absolute atomic E-state index is 0.0411. The highest BCUT2D eigenvalue weighted by Crippen LogP contribution is 2.18. The first-order valence-corrected chi connectivity index (χ1v) is 10.4. The summed E-state index contributed by atoms with van der Waals surface area (Å²) in [7, 11) is 0. The van der Waals surface area contributed by atoms with Crippen molar-refractivity contribution in [2.24, 2.45) is 0 Å². The van der Waals surface area contributed by atoms with Gasteiger partial charge in [-0.05, 0) is 30.5 Å². The molecule has 1 amide bonds. The molecule has 5 heteroatoms. The van der Waals surface area contributed by atoms with Crippen molar-refractivity contribution in [2.75, 3.05) is 19.7 Å². The number of carbonyl (C=O) groups is 2. The number of benzene rings is 2. The van der Waals surface area contributed by atoms with Gasteiger partial charge in [-0.15, -0.1) is 0 Å². The first kappa shape index (κ1) is 21.4. The maximum absolute atomic E-state index is 12.8. The molecule has 1 N–H and O–H groups in total. The van der Waals surface area contributed by atoms with Gasteiger partial charge < -0.3 is 14.6 Å². The highest BCUT2D eigenvalue weighted by molar-refractivity contribution is 5.83. The third-order valence-electron chi connectivity index (χ3n) is 4.96. The van der Waals surface area contributed by atoms with Crippen LogP contribution in [0.25, 0.3) is 17.0 Å². The third kappa shape index (κ3) is 6.08. The van der Waals surface area contributed by atoms with Gasteiger partial charge in [0, 0.05) is 36.6 Å². The molecule has 3 aromatic rings.